The third-order valence-corrected chi connectivity index (χ3v) is 8.27. The zero-order chi connectivity index (χ0) is 30.8. The summed E-state index contributed by atoms with van der Waals surface area (Å²) >= 11 is 0. The van der Waals surface area contributed by atoms with Crippen LogP contribution in [0, 0.1) is 20.2 Å². The lowest BCUT2D eigenvalue weighted by Gasteiger charge is -2.27. The van der Waals surface area contributed by atoms with Crippen LogP contribution in [-0.2, 0) is 25.7 Å². The van der Waals surface area contributed by atoms with Crippen molar-refractivity contribution in [3.05, 3.63) is 126 Å². The van der Waals surface area contributed by atoms with Crippen LogP contribution in [0.5, 0.6) is 11.5 Å². The zero-order valence-corrected chi connectivity index (χ0v) is 23.7. The summed E-state index contributed by atoms with van der Waals surface area (Å²) in [5.74, 6) is -0.682. The molecule has 10 nitrogen and oxygen atoms in total. The maximum atomic E-state index is 13.3. The van der Waals surface area contributed by atoms with E-state index in [9.17, 15) is 29.8 Å². The van der Waals surface area contributed by atoms with Crippen LogP contribution in [0.4, 0.5) is 11.4 Å². The summed E-state index contributed by atoms with van der Waals surface area (Å²) in [6, 6.07) is 18.0. The number of nitro benzene ring substituents is 2. The van der Waals surface area contributed by atoms with Crippen LogP contribution in [-0.4, -0.2) is 21.8 Å². The number of rotatable bonds is 7. The maximum Gasteiger partial charge on any atom is 0.343 e. The lowest BCUT2D eigenvalue weighted by atomic mass is 9.80. The van der Waals surface area contributed by atoms with E-state index >= 15 is 0 Å². The number of carbonyl (C=O) groups is 2. The van der Waals surface area contributed by atoms with E-state index in [1.54, 1.807) is 12.1 Å². The molecule has 0 bridgehead atoms. The fraction of sp³-hybridized carbons (Fsp3) is 0.235. The third-order valence-electron chi connectivity index (χ3n) is 8.27. The standard InChI is InChI=1S/C34H28N2O8/c37-33(23-9-15-25(16-10-23)35(39)40)43-29-19-13-21-5-1-3-7-27(21)31(29)32-28-8-4-2-6-22(28)14-20-30(32)44-34(38)24-11-17-26(18-12-24)36(41)42/h9-20H,1-8H2. The van der Waals surface area contributed by atoms with Gasteiger partial charge in [0.05, 0.1) is 21.0 Å². The van der Waals surface area contributed by atoms with Gasteiger partial charge in [0, 0.05) is 35.4 Å². The Balaban J connectivity index is 1.46. The molecule has 2 aliphatic rings. The second-order valence-corrected chi connectivity index (χ2v) is 11.0. The van der Waals surface area contributed by atoms with Crippen LogP contribution in [0.1, 0.15) is 68.7 Å². The van der Waals surface area contributed by atoms with Gasteiger partial charge in [-0.2, -0.15) is 0 Å². The van der Waals surface area contributed by atoms with E-state index in [2.05, 4.69) is 0 Å². The predicted octanol–water partition coefficient (Wildman–Crippen LogP) is 7.37. The number of carbonyl (C=O) groups excluding carboxylic acids is 2. The Morgan fingerprint density at radius 1 is 0.523 bits per heavy atom. The van der Waals surface area contributed by atoms with Gasteiger partial charge in [0.1, 0.15) is 11.5 Å². The van der Waals surface area contributed by atoms with E-state index in [4.69, 9.17) is 9.47 Å². The van der Waals surface area contributed by atoms with Gasteiger partial charge in [0.2, 0.25) is 0 Å². The minimum atomic E-state index is -0.661. The van der Waals surface area contributed by atoms with Crippen molar-refractivity contribution in [3.8, 4) is 22.6 Å². The molecule has 0 unspecified atom stereocenters. The first-order valence-corrected chi connectivity index (χ1v) is 14.5. The molecule has 0 atom stereocenters. The molecule has 0 amide bonds. The van der Waals surface area contributed by atoms with E-state index in [1.165, 1.54) is 48.5 Å². The van der Waals surface area contributed by atoms with Gasteiger partial charge in [0.15, 0.2) is 0 Å². The number of non-ortho nitro benzene ring substituents is 2. The molecule has 222 valence electrons. The highest BCUT2D eigenvalue weighted by atomic mass is 16.6. The molecule has 6 rings (SSSR count). The Labute approximate surface area is 252 Å². The first-order valence-electron chi connectivity index (χ1n) is 14.5. The van der Waals surface area contributed by atoms with Crippen LogP contribution >= 0.6 is 0 Å². The van der Waals surface area contributed by atoms with Crippen LogP contribution in [0.3, 0.4) is 0 Å². The molecule has 0 heterocycles. The number of hydrogen-bond acceptors (Lipinski definition) is 8. The highest BCUT2D eigenvalue weighted by molar-refractivity contribution is 5.95. The predicted molar refractivity (Wildman–Crippen MR) is 161 cm³/mol. The number of nitrogens with zero attached hydrogens (tertiary/aromatic N) is 2. The highest BCUT2D eigenvalue weighted by Crippen LogP contribution is 2.47. The summed E-state index contributed by atoms with van der Waals surface area (Å²) in [4.78, 5) is 47.8. The number of esters is 2. The van der Waals surface area contributed by atoms with Crippen molar-refractivity contribution < 1.29 is 28.9 Å². The molecular formula is C34H28N2O8. The van der Waals surface area contributed by atoms with E-state index in [1.807, 2.05) is 12.1 Å². The number of hydrogen-bond donors (Lipinski definition) is 0. The lowest BCUT2D eigenvalue weighted by molar-refractivity contribution is -0.385. The summed E-state index contributed by atoms with van der Waals surface area (Å²) in [7, 11) is 0. The molecule has 2 aliphatic carbocycles. The molecule has 0 aliphatic heterocycles. The third kappa shape index (κ3) is 5.66. The highest BCUT2D eigenvalue weighted by Gasteiger charge is 2.28. The molecule has 4 aromatic rings. The van der Waals surface area contributed by atoms with Crippen molar-refractivity contribution in [3.63, 3.8) is 0 Å². The Morgan fingerprint density at radius 2 is 0.886 bits per heavy atom. The minimum absolute atomic E-state index is 0.133. The average Bonchev–Trinajstić information content (AvgIpc) is 3.05. The van der Waals surface area contributed by atoms with Gasteiger partial charge in [-0.15, -0.1) is 0 Å². The number of benzene rings is 4. The van der Waals surface area contributed by atoms with Gasteiger partial charge in [-0.1, -0.05) is 12.1 Å². The van der Waals surface area contributed by atoms with E-state index < -0.39 is 21.8 Å². The molecule has 10 heteroatoms. The monoisotopic (exact) mass is 592 g/mol. The van der Waals surface area contributed by atoms with Gasteiger partial charge in [-0.25, -0.2) is 9.59 Å². The summed E-state index contributed by atoms with van der Waals surface area (Å²) in [6.45, 7) is 0. The van der Waals surface area contributed by atoms with E-state index in [0.29, 0.717) is 22.6 Å². The molecule has 44 heavy (non-hydrogen) atoms. The van der Waals surface area contributed by atoms with Crippen molar-refractivity contribution in [2.45, 2.75) is 51.4 Å². The largest absolute Gasteiger partial charge is 0.422 e. The molecule has 0 fully saturated rings. The van der Waals surface area contributed by atoms with Crippen molar-refractivity contribution >= 4 is 23.3 Å². The first kappa shape index (κ1) is 28.7. The van der Waals surface area contributed by atoms with Crippen LogP contribution in [0.2, 0.25) is 0 Å². The van der Waals surface area contributed by atoms with Gasteiger partial charge in [0.25, 0.3) is 11.4 Å². The van der Waals surface area contributed by atoms with Crippen molar-refractivity contribution in [1.82, 2.24) is 0 Å². The lowest BCUT2D eigenvalue weighted by Crippen LogP contribution is -2.15. The molecule has 0 aromatic heterocycles. The van der Waals surface area contributed by atoms with Gasteiger partial charge in [-0.05, 0) is 110 Å². The van der Waals surface area contributed by atoms with Crippen molar-refractivity contribution in [2.24, 2.45) is 0 Å². The maximum absolute atomic E-state index is 13.3. The fourth-order valence-electron chi connectivity index (χ4n) is 6.09. The normalized spacial score (nSPS) is 13.7. The van der Waals surface area contributed by atoms with Crippen LogP contribution in [0.25, 0.3) is 11.1 Å². The van der Waals surface area contributed by atoms with Crippen LogP contribution in [0.15, 0.2) is 72.8 Å². The molecule has 0 spiro atoms. The molecule has 0 saturated heterocycles. The van der Waals surface area contributed by atoms with Gasteiger partial charge >= 0.3 is 11.9 Å². The molecule has 0 N–H and O–H groups in total. The second-order valence-electron chi connectivity index (χ2n) is 11.0. The van der Waals surface area contributed by atoms with Crippen molar-refractivity contribution in [2.75, 3.05) is 0 Å². The second kappa shape index (κ2) is 12.1. The topological polar surface area (TPSA) is 139 Å². The first-order chi connectivity index (χ1) is 21.3. The van der Waals surface area contributed by atoms with Gasteiger partial charge < -0.3 is 9.47 Å². The number of ether oxygens (including phenoxy) is 2. The van der Waals surface area contributed by atoms with Crippen LogP contribution < -0.4 is 9.47 Å². The number of nitro groups is 2. The Kier molecular flexibility index (Phi) is 7.89. The molecule has 0 radical (unpaired) electrons. The smallest absolute Gasteiger partial charge is 0.343 e. The Morgan fingerprint density at radius 3 is 1.25 bits per heavy atom. The molecular weight excluding hydrogens is 564 g/mol. The number of aryl methyl sites for hydroxylation is 2. The molecule has 0 saturated carbocycles. The van der Waals surface area contributed by atoms with Gasteiger partial charge in [-0.3, -0.25) is 20.2 Å². The summed E-state index contributed by atoms with van der Waals surface area (Å²) < 4.78 is 12.0. The van der Waals surface area contributed by atoms with E-state index in [0.717, 1.165) is 73.6 Å². The van der Waals surface area contributed by atoms with Crippen molar-refractivity contribution in [1.29, 1.82) is 0 Å². The zero-order valence-electron chi connectivity index (χ0n) is 23.7. The van der Waals surface area contributed by atoms with E-state index in [-0.39, 0.29) is 22.5 Å². The summed E-state index contributed by atoms with van der Waals surface area (Å²) in [5, 5.41) is 22.2. The minimum Gasteiger partial charge on any atom is -0.422 e. The number of fused-ring (bicyclic) bond motifs is 2. The quantitative estimate of drug-likeness (QED) is 0.0938. The SMILES string of the molecule is O=C(Oc1ccc2c(c1-c1c(OC(=O)c3ccc([N+](=O)[O-])cc3)ccc3c1CCCC3)CCCC2)c1ccc([N+](=O)[O-])cc1. The summed E-state index contributed by atoms with van der Waals surface area (Å²) in [6.07, 6.45) is 7.21. The fourth-order valence-corrected chi connectivity index (χ4v) is 6.09. The average molecular weight is 593 g/mol. The summed E-state index contributed by atoms with van der Waals surface area (Å²) in [5.41, 5.74) is 5.85. The Bertz CT molecular complexity index is 1660. The Hall–Kier alpha value is -5.38. The molecule has 4 aromatic carbocycles.